The molecule has 25 heavy (non-hydrogen) atoms. The van der Waals surface area contributed by atoms with E-state index in [-0.39, 0.29) is 0 Å². The van der Waals surface area contributed by atoms with Crippen LogP contribution in [0.1, 0.15) is 21.5 Å². The molecule has 4 nitrogen and oxygen atoms in total. The summed E-state index contributed by atoms with van der Waals surface area (Å²) in [5.41, 5.74) is 4.30. The van der Waals surface area contributed by atoms with E-state index in [1.807, 2.05) is 0 Å². The third-order valence-electron chi connectivity index (χ3n) is 3.07. The van der Waals surface area contributed by atoms with E-state index >= 15 is 0 Å². The molecule has 0 aliphatic carbocycles. The lowest BCUT2D eigenvalue weighted by Crippen LogP contribution is -2.40. The molecular weight excluding hydrogens is 357 g/mol. The summed E-state index contributed by atoms with van der Waals surface area (Å²) in [6, 6.07) is 10.3. The summed E-state index contributed by atoms with van der Waals surface area (Å²) in [4.78, 5) is 23.4. The standard InChI is InChI=1S/C17H12ClF3N2O2/c18-14-8-4-12(5-9-14)16(25)23-22-15(24)10-3-11-1-6-13(7-2-11)17(19,20)21/h1-10H,(H,22,24)(H,23,25)/b10-3+. The summed E-state index contributed by atoms with van der Waals surface area (Å²) >= 11 is 5.71. The predicted octanol–water partition coefficient (Wildman–Crippen LogP) is 3.83. The Morgan fingerprint density at radius 3 is 2.08 bits per heavy atom. The van der Waals surface area contributed by atoms with Gasteiger partial charge in [-0.1, -0.05) is 23.7 Å². The van der Waals surface area contributed by atoms with Gasteiger partial charge in [0.1, 0.15) is 0 Å². The van der Waals surface area contributed by atoms with Crippen molar-refractivity contribution in [1.29, 1.82) is 0 Å². The van der Waals surface area contributed by atoms with Crippen LogP contribution >= 0.6 is 11.6 Å². The number of rotatable bonds is 3. The van der Waals surface area contributed by atoms with Crippen LogP contribution < -0.4 is 10.9 Å². The van der Waals surface area contributed by atoms with Gasteiger partial charge in [-0.3, -0.25) is 20.4 Å². The quantitative estimate of drug-likeness (QED) is 0.639. The van der Waals surface area contributed by atoms with Crippen molar-refractivity contribution in [1.82, 2.24) is 10.9 Å². The lowest BCUT2D eigenvalue weighted by atomic mass is 10.1. The lowest BCUT2D eigenvalue weighted by molar-refractivity contribution is -0.137. The van der Waals surface area contributed by atoms with Gasteiger partial charge in [0.15, 0.2) is 0 Å². The number of carbonyl (C=O) groups is 2. The zero-order valence-corrected chi connectivity index (χ0v) is 13.4. The molecule has 2 aromatic carbocycles. The van der Waals surface area contributed by atoms with Crippen molar-refractivity contribution in [2.75, 3.05) is 0 Å². The van der Waals surface area contributed by atoms with Gasteiger partial charge in [-0.2, -0.15) is 13.2 Å². The number of carbonyl (C=O) groups excluding carboxylic acids is 2. The number of alkyl halides is 3. The van der Waals surface area contributed by atoms with Gasteiger partial charge in [-0.05, 0) is 48.0 Å². The fourth-order valence-electron chi connectivity index (χ4n) is 1.79. The Morgan fingerprint density at radius 2 is 1.52 bits per heavy atom. The summed E-state index contributed by atoms with van der Waals surface area (Å²) in [7, 11) is 0. The Morgan fingerprint density at radius 1 is 0.920 bits per heavy atom. The highest BCUT2D eigenvalue weighted by Crippen LogP contribution is 2.29. The Balaban J connectivity index is 1.88. The first-order chi connectivity index (χ1) is 11.8. The number of halogens is 4. The molecule has 0 fully saturated rings. The molecule has 0 unspecified atom stereocenters. The SMILES string of the molecule is O=C(/C=C/c1ccc(C(F)(F)F)cc1)NNC(=O)c1ccc(Cl)cc1. The van der Waals surface area contributed by atoms with Gasteiger partial charge in [-0.25, -0.2) is 0 Å². The maximum absolute atomic E-state index is 12.4. The highest BCUT2D eigenvalue weighted by atomic mass is 35.5. The minimum Gasteiger partial charge on any atom is -0.268 e. The number of benzene rings is 2. The Hall–Kier alpha value is -2.80. The molecule has 2 aromatic rings. The summed E-state index contributed by atoms with van der Waals surface area (Å²) < 4.78 is 37.3. The van der Waals surface area contributed by atoms with Crippen molar-refractivity contribution >= 4 is 29.5 Å². The molecule has 0 aromatic heterocycles. The average Bonchev–Trinajstić information content (AvgIpc) is 2.58. The van der Waals surface area contributed by atoms with Crippen LogP contribution in [0.4, 0.5) is 13.2 Å². The second kappa shape index (κ2) is 7.85. The largest absolute Gasteiger partial charge is 0.416 e. The molecule has 0 saturated heterocycles. The van der Waals surface area contributed by atoms with E-state index in [2.05, 4.69) is 10.9 Å². The number of hydrogen-bond donors (Lipinski definition) is 2. The van der Waals surface area contributed by atoms with Crippen LogP contribution in [0.15, 0.2) is 54.6 Å². The molecule has 0 aliphatic heterocycles. The summed E-state index contributed by atoms with van der Waals surface area (Å²) in [5.74, 6) is -1.17. The lowest BCUT2D eigenvalue weighted by Gasteiger charge is -2.06. The maximum atomic E-state index is 12.4. The van der Waals surface area contributed by atoms with Crippen molar-refractivity contribution in [3.05, 3.63) is 76.3 Å². The van der Waals surface area contributed by atoms with Crippen LogP contribution in [0.2, 0.25) is 5.02 Å². The van der Waals surface area contributed by atoms with Gasteiger partial charge in [0.2, 0.25) is 0 Å². The van der Waals surface area contributed by atoms with Crippen LogP contribution in [0.5, 0.6) is 0 Å². The van der Waals surface area contributed by atoms with Crippen LogP contribution in [-0.2, 0) is 11.0 Å². The van der Waals surface area contributed by atoms with Gasteiger partial charge in [-0.15, -0.1) is 0 Å². The van der Waals surface area contributed by atoms with E-state index < -0.39 is 23.6 Å². The maximum Gasteiger partial charge on any atom is 0.416 e. The molecule has 2 amide bonds. The van der Waals surface area contributed by atoms with Crippen LogP contribution in [0.25, 0.3) is 6.08 Å². The fraction of sp³-hybridized carbons (Fsp3) is 0.0588. The first-order valence-corrected chi connectivity index (χ1v) is 7.35. The van der Waals surface area contributed by atoms with Gasteiger partial charge in [0.25, 0.3) is 11.8 Å². The molecular formula is C17H12ClF3N2O2. The molecule has 0 atom stereocenters. The molecule has 0 bridgehead atoms. The summed E-state index contributed by atoms with van der Waals surface area (Å²) in [6.07, 6.45) is -2.00. The van der Waals surface area contributed by atoms with Crippen LogP contribution in [0, 0.1) is 0 Å². The van der Waals surface area contributed by atoms with Crippen LogP contribution in [-0.4, -0.2) is 11.8 Å². The molecule has 2 rings (SSSR count). The van der Waals surface area contributed by atoms with E-state index in [9.17, 15) is 22.8 Å². The Labute approximate surface area is 146 Å². The van der Waals surface area contributed by atoms with Crippen molar-refractivity contribution in [2.45, 2.75) is 6.18 Å². The van der Waals surface area contributed by atoms with Crippen molar-refractivity contribution < 1.29 is 22.8 Å². The van der Waals surface area contributed by atoms with Gasteiger partial charge in [0, 0.05) is 16.7 Å². The number of amides is 2. The Kier molecular flexibility index (Phi) is 5.82. The minimum absolute atomic E-state index is 0.302. The van der Waals surface area contributed by atoms with E-state index in [0.29, 0.717) is 16.1 Å². The van der Waals surface area contributed by atoms with Gasteiger partial charge in [0.05, 0.1) is 5.56 Å². The normalized spacial score (nSPS) is 11.4. The molecule has 0 spiro atoms. The first-order valence-electron chi connectivity index (χ1n) is 6.97. The predicted molar refractivity (Wildman–Crippen MR) is 87.5 cm³/mol. The van der Waals surface area contributed by atoms with Crippen molar-refractivity contribution in [3.8, 4) is 0 Å². The van der Waals surface area contributed by atoms with E-state index in [4.69, 9.17) is 11.6 Å². The molecule has 8 heteroatoms. The summed E-state index contributed by atoms with van der Waals surface area (Å²) in [6.45, 7) is 0. The number of hydrogen-bond acceptors (Lipinski definition) is 2. The summed E-state index contributed by atoms with van der Waals surface area (Å²) in [5, 5.41) is 0.472. The molecule has 130 valence electrons. The third-order valence-corrected chi connectivity index (χ3v) is 3.32. The fourth-order valence-corrected chi connectivity index (χ4v) is 1.91. The van der Waals surface area contributed by atoms with E-state index in [0.717, 1.165) is 18.2 Å². The second-order valence-electron chi connectivity index (χ2n) is 4.90. The van der Waals surface area contributed by atoms with Gasteiger partial charge >= 0.3 is 6.18 Å². The molecule has 0 heterocycles. The number of nitrogens with one attached hydrogen (secondary N) is 2. The van der Waals surface area contributed by atoms with Gasteiger partial charge < -0.3 is 0 Å². The smallest absolute Gasteiger partial charge is 0.268 e. The Bertz CT molecular complexity index is 785. The van der Waals surface area contributed by atoms with E-state index in [1.165, 1.54) is 42.5 Å². The third kappa shape index (κ3) is 5.65. The molecule has 0 saturated carbocycles. The zero-order valence-electron chi connectivity index (χ0n) is 12.6. The molecule has 0 aliphatic rings. The minimum atomic E-state index is -4.41. The zero-order chi connectivity index (χ0) is 18.4. The van der Waals surface area contributed by atoms with E-state index in [1.54, 1.807) is 0 Å². The average molecular weight is 369 g/mol. The highest BCUT2D eigenvalue weighted by molar-refractivity contribution is 6.30. The number of hydrazine groups is 1. The molecule has 2 N–H and O–H groups in total. The van der Waals surface area contributed by atoms with Crippen molar-refractivity contribution in [3.63, 3.8) is 0 Å². The monoisotopic (exact) mass is 368 g/mol. The topological polar surface area (TPSA) is 58.2 Å². The van der Waals surface area contributed by atoms with Crippen molar-refractivity contribution in [2.24, 2.45) is 0 Å². The second-order valence-corrected chi connectivity index (χ2v) is 5.34. The molecule has 0 radical (unpaired) electrons. The van der Waals surface area contributed by atoms with Crippen LogP contribution in [0.3, 0.4) is 0 Å². The first kappa shape index (κ1) is 18.5. The highest BCUT2D eigenvalue weighted by Gasteiger charge is 2.29.